The number of rotatable bonds is 3. The number of carbonyl (C=O) groups is 1. The number of hydrogen-bond acceptors (Lipinski definition) is 7. The molecule has 5 rings (SSSR count). The number of anilines is 3. The minimum Gasteiger partial charge on any atom is -0.397 e. The number of nitrogens with zero attached hydrogens (tertiary/aromatic N) is 3. The third-order valence-corrected chi connectivity index (χ3v) is 6.48. The molecule has 8 heteroatoms. The van der Waals surface area contributed by atoms with Crippen molar-refractivity contribution >= 4 is 55.6 Å². The topological polar surface area (TPSA) is 131 Å². The number of fused-ring (bicyclic) bond motifs is 2. The lowest BCUT2D eigenvalue weighted by molar-refractivity contribution is 0.103. The number of nitrogens with two attached hydrogens (primary N) is 2. The molecule has 0 spiro atoms. The molecule has 0 bridgehead atoms. The summed E-state index contributed by atoms with van der Waals surface area (Å²) in [5.41, 5.74) is 16.7. The molecule has 0 aliphatic rings. The van der Waals surface area contributed by atoms with E-state index in [2.05, 4.69) is 21.4 Å². The lowest BCUT2D eigenvalue weighted by atomic mass is 9.97. The van der Waals surface area contributed by atoms with E-state index in [0.29, 0.717) is 26.3 Å². The number of carbonyl (C=O) groups excluding carboxylic acids is 1. The molecule has 0 unspecified atom stereocenters. The Morgan fingerprint density at radius 3 is 2.55 bits per heavy atom. The van der Waals surface area contributed by atoms with Gasteiger partial charge in [-0.3, -0.25) is 9.78 Å². The molecule has 0 radical (unpaired) electrons. The predicted molar refractivity (Wildman–Crippen MR) is 133 cm³/mol. The van der Waals surface area contributed by atoms with Crippen LogP contribution in [-0.4, -0.2) is 15.9 Å². The third kappa shape index (κ3) is 3.41. The van der Waals surface area contributed by atoms with Crippen molar-refractivity contribution in [1.29, 1.82) is 5.26 Å². The molecule has 7 nitrogen and oxygen atoms in total. The molecule has 0 saturated heterocycles. The van der Waals surface area contributed by atoms with Gasteiger partial charge in [-0.05, 0) is 24.6 Å². The normalized spacial score (nSPS) is 10.9. The van der Waals surface area contributed by atoms with E-state index in [4.69, 9.17) is 11.5 Å². The largest absolute Gasteiger partial charge is 0.397 e. The number of pyridine rings is 2. The number of amides is 1. The first-order valence-electron chi connectivity index (χ1n) is 10.1. The zero-order valence-electron chi connectivity index (χ0n) is 17.6. The highest BCUT2D eigenvalue weighted by Gasteiger charge is 2.24. The summed E-state index contributed by atoms with van der Waals surface area (Å²) in [6, 6.07) is 20.9. The van der Waals surface area contributed by atoms with Crippen molar-refractivity contribution in [3.63, 3.8) is 0 Å². The van der Waals surface area contributed by atoms with Gasteiger partial charge in [0.05, 0.1) is 16.9 Å². The molecular weight excluding hydrogens is 432 g/mol. The van der Waals surface area contributed by atoms with E-state index < -0.39 is 0 Å². The van der Waals surface area contributed by atoms with Crippen LogP contribution in [0.5, 0.6) is 0 Å². The van der Waals surface area contributed by atoms with Crippen molar-refractivity contribution in [1.82, 2.24) is 9.97 Å². The average molecular weight is 451 g/mol. The number of hydrogen-bond donors (Lipinski definition) is 3. The lowest BCUT2D eigenvalue weighted by Crippen LogP contribution is -2.12. The molecule has 2 aromatic carbocycles. The van der Waals surface area contributed by atoms with Gasteiger partial charge in [-0.2, -0.15) is 5.26 Å². The summed E-state index contributed by atoms with van der Waals surface area (Å²) in [6.07, 6.45) is 0. The number of nitrogens with one attached hydrogen (secondary N) is 1. The Balaban J connectivity index is 1.67. The van der Waals surface area contributed by atoms with Crippen LogP contribution in [0.15, 0.2) is 60.7 Å². The van der Waals surface area contributed by atoms with Gasteiger partial charge in [0.2, 0.25) is 0 Å². The molecule has 0 atom stereocenters. The van der Waals surface area contributed by atoms with Crippen LogP contribution in [0, 0.1) is 18.3 Å². The molecule has 5 aromatic rings. The number of thiophene rings is 1. The molecule has 0 fully saturated rings. The number of aromatic nitrogens is 2. The van der Waals surface area contributed by atoms with Crippen molar-refractivity contribution in [3.05, 3.63) is 76.8 Å². The number of aryl methyl sites for hydroxylation is 1. The summed E-state index contributed by atoms with van der Waals surface area (Å²) in [7, 11) is 0. The van der Waals surface area contributed by atoms with Gasteiger partial charge in [0.25, 0.3) is 5.91 Å². The Hall–Kier alpha value is -4.48. The van der Waals surface area contributed by atoms with Crippen molar-refractivity contribution in [3.8, 4) is 17.2 Å². The van der Waals surface area contributed by atoms with Crippen molar-refractivity contribution in [2.75, 3.05) is 16.8 Å². The first kappa shape index (κ1) is 20.4. The highest BCUT2D eigenvalue weighted by molar-refractivity contribution is 7.21. The summed E-state index contributed by atoms with van der Waals surface area (Å²) in [4.78, 5) is 23.0. The second-order valence-corrected chi connectivity index (χ2v) is 8.53. The Bertz CT molecular complexity index is 1600. The van der Waals surface area contributed by atoms with Crippen LogP contribution < -0.4 is 16.8 Å². The molecular formula is C25H18N6OS. The number of para-hydroxylation sites is 1. The smallest absolute Gasteiger partial charge is 0.267 e. The fourth-order valence-corrected chi connectivity index (χ4v) is 4.94. The van der Waals surface area contributed by atoms with Crippen LogP contribution in [0.4, 0.5) is 17.2 Å². The summed E-state index contributed by atoms with van der Waals surface area (Å²) in [6.45, 7) is 1.87. The fraction of sp³-hybridized carbons (Fsp3) is 0.0400. The SMILES string of the molecule is Cc1cc(NC(=O)c2sc3nc(N)c(C#N)c(-c4ccccc4)c3c2N)c2ccccc2n1. The van der Waals surface area contributed by atoms with Crippen LogP contribution in [0.1, 0.15) is 20.9 Å². The van der Waals surface area contributed by atoms with E-state index in [1.807, 2.05) is 67.6 Å². The molecule has 3 aromatic heterocycles. The Kier molecular flexibility index (Phi) is 4.89. The Labute approximate surface area is 193 Å². The van der Waals surface area contributed by atoms with Gasteiger partial charge < -0.3 is 16.8 Å². The monoisotopic (exact) mass is 450 g/mol. The zero-order chi connectivity index (χ0) is 23.1. The highest BCUT2D eigenvalue weighted by Crippen LogP contribution is 2.42. The van der Waals surface area contributed by atoms with Gasteiger partial charge in [0, 0.05) is 22.0 Å². The van der Waals surface area contributed by atoms with E-state index >= 15 is 0 Å². The molecule has 0 saturated carbocycles. The van der Waals surface area contributed by atoms with E-state index in [-0.39, 0.29) is 23.0 Å². The van der Waals surface area contributed by atoms with E-state index in [1.54, 1.807) is 0 Å². The van der Waals surface area contributed by atoms with Crippen molar-refractivity contribution in [2.24, 2.45) is 0 Å². The van der Waals surface area contributed by atoms with Crippen LogP contribution in [0.3, 0.4) is 0 Å². The maximum Gasteiger partial charge on any atom is 0.267 e. The van der Waals surface area contributed by atoms with Crippen LogP contribution >= 0.6 is 11.3 Å². The second-order valence-electron chi connectivity index (χ2n) is 7.53. The molecule has 5 N–H and O–H groups in total. The van der Waals surface area contributed by atoms with E-state index in [1.165, 1.54) is 0 Å². The fourth-order valence-electron chi connectivity index (χ4n) is 3.94. The summed E-state index contributed by atoms with van der Waals surface area (Å²) in [5.74, 6) is -0.254. The van der Waals surface area contributed by atoms with Gasteiger partial charge in [-0.1, -0.05) is 48.5 Å². The lowest BCUT2D eigenvalue weighted by Gasteiger charge is -2.10. The summed E-state index contributed by atoms with van der Waals surface area (Å²) in [5, 5.41) is 14.1. The van der Waals surface area contributed by atoms with Crippen LogP contribution in [-0.2, 0) is 0 Å². The first-order chi connectivity index (χ1) is 16.0. The zero-order valence-corrected chi connectivity index (χ0v) is 18.4. The first-order valence-corrected chi connectivity index (χ1v) is 10.9. The minimum absolute atomic E-state index is 0.104. The molecule has 0 aliphatic carbocycles. The van der Waals surface area contributed by atoms with Crippen LogP contribution in [0.2, 0.25) is 0 Å². The predicted octanol–water partition coefficient (Wildman–Crippen LogP) is 5.11. The van der Waals surface area contributed by atoms with Gasteiger partial charge in [0.1, 0.15) is 27.2 Å². The molecule has 1 amide bonds. The van der Waals surface area contributed by atoms with Gasteiger partial charge in [0.15, 0.2) is 0 Å². The van der Waals surface area contributed by atoms with E-state index in [0.717, 1.165) is 33.5 Å². The number of benzene rings is 2. The molecule has 160 valence electrons. The van der Waals surface area contributed by atoms with E-state index in [9.17, 15) is 10.1 Å². The Morgan fingerprint density at radius 1 is 1.06 bits per heavy atom. The number of nitrogen functional groups attached to an aromatic ring is 2. The summed E-state index contributed by atoms with van der Waals surface area (Å²) < 4.78 is 0. The maximum absolute atomic E-state index is 13.3. The highest BCUT2D eigenvalue weighted by atomic mass is 32.1. The average Bonchev–Trinajstić information content (AvgIpc) is 3.14. The molecule has 0 aliphatic heterocycles. The second kappa shape index (κ2) is 7.89. The Morgan fingerprint density at radius 2 is 1.79 bits per heavy atom. The standard InChI is InChI=1S/C25H18N6OS/c1-13-11-18(15-9-5-6-10-17(15)29-13)30-24(32)22-21(27)20-19(14-7-3-2-4-8-14)16(12-26)23(28)31-25(20)33-22/h2-11H,27H2,1H3,(H2,28,31)(H,29,30,32). The third-order valence-electron chi connectivity index (χ3n) is 5.38. The van der Waals surface area contributed by atoms with Gasteiger partial charge in [-0.15, -0.1) is 11.3 Å². The molecule has 33 heavy (non-hydrogen) atoms. The summed E-state index contributed by atoms with van der Waals surface area (Å²) >= 11 is 1.15. The van der Waals surface area contributed by atoms with Gasteiger partial charge in [-0.25, -0.2) is 4.98 Å². The van der Waals surface area contributed by atoms with Crippen molar-refractivity contribution in [2.45, 2.75) is 6.92 Å². The van der Waals surface area contributed by atoms with Crippen molar-refractivity contribution < 1.29 is 4.79 Å². The minimum atomic E-state index is -0.359. The molecule has 3 heterocycles. The maximum atomic E-state index is 13.3. The van der Waals surface area contributed by atoms with Crippen LogP contribution in [0.25, 0.3) is 32.2 Å². The quantitative estimate of drug-likeness (QED) is 0.350. The van der Waals surface area contributed by atoms with Gasteiger partial charge >= 0.3 is 0 Å². The number of nitriles is 1.